The predicted molar refractivity (Wildman–Crippen MR) is 104 cm³/mol. The van der Waals surface area contributed by atoms with Crippen molar-refractivity contribution < 1.29 is 14.2 Å². The van der Waals surface area contributed by atoms with Gasteiger partial charge in [-0.25, -0.2) is 0 Å². The van der Waals surface area contributed by atoms with Gasteiger partial charge in [-0.15, -0.1) is 0 Å². The summed E-state index contributed by atoms with van der Waals surface area (Å²) >= 11 is 3.94. The monoisotopic (exact) mass is 364 g/mol. The molecule has 0 aromatic heterocycles. The summed E-state index contributed by atoms with van der Waals surface area (Å²) in [5.74, 6) is 3.20. The molecule has 0 spiro atoms. The number of hydrogen-bond acceptors (Lipinski definition) is 5. The van der Waals surface area contributed by atoms with Crippen LogP contribution in [0.15, 0.2) is 0 Å². The molecule has 1 fully saturated rings. The second kappa shape index (κ2) is 17.4. The molecule has 1 rings (SSSR count). The summed E-state index contributed by atoms with van der Waals surface area (Å²) in [6.45, 7) is 7.15. The van der Waals surface area contributed by atoms with Crippen molar-refractivity contribution in [3.05, 3.63) is 0 Å². The van der Waals surface area contributed by atoms with Gasteiger partial charge in [0.15, 0.2) is 0 Å². The highest BCUT2D eigenvalue weighted by Crippen LogP contribution is 2.19. The Morgan fingerprint density at radius 2 is 1.39 bits per heavy atom. The smallest absolute Gasteiger partial charge is 0.0700 e. The molecule has 0 bridgehead atoms. The molecule has 0 aromatic carbocycles. The lowest BCUT2D eigenvalue weighted by molar-refractivity contribution is 0.0605. The van der Waals surface area contributed by atoms with Crippen LogP contribution in [-0.2, 0) is 14.2 Å². The summed E-state index contributed by atoms with van der Waals surface area (Å²) in [6, 6.07) is 0. The van der Waals surface area contributed by atoms with Crippen LogP contribution in [0, 0.1) is 0 Å². The van der Waals surface area contributed by atoms with Crippen LogP contribution < -0.4 is 0 Å². The zero-order chi connectivity index (χ0) is 16.4. The average molecular weight is 365 g/mol. The molecule has 1 aliphatic rings. The first kappa shape index (κ1) is 21.6. The van der Waals surface area contributed by atoms with Crippen molar-refractivity contribution >= 4 is 23.5 Å². The SMILES string of the molecule is CCCCCCCCC1COCCSCCOCCOCCS1. The number of hydrogen-bond donors (Lipinski definition) is 0. The van der Waals surface area contributed by atoms with Crippen molar-refractivity contribution in [1.29, 1.82) is 0 Å². The molecule has 3 nitrogen and oxygen atoms in total. The fourth-order valence-electron chi connectivity index (χ4n) is 2.52. The van der Waals surface area contributed by atoms with Crippen LogP contribution in [0.5, 0.6) is 0 Å². The second-order valence-corrected chi connectivity index (χ2v) is 8.59. The van der Waals surface area contributed by atoms with Gasteiger partial charge in [0.2, 0.25) is 0 Å². The van der Waals surface area contributed by atoms with Crippen molar-refractivity contribution in [2.24, 2.45) is 0 Å². The van der Waals surface area contributed by atoms with E-state index in [-0.39, 0.29) is 0 Å². The Morgan fingerprint density at radius 3 is 2.17 bits per heavy atom. The Balaban J connectivity index is 2.15. The van der Waals surface area contributed by atoms with Crippen LogP contribution in [-0.4, -0.2) is 62.1 Å². The van der Waals surface area contributed by atoms with E-state index in [4.69, 9.17) is 14.2 Å². The summed E-state index contributed by atoms with van der Waals surface area (Å²) < 4.78 is 17.1. The molecule has 1 saturated heterocycles. The second-order valence-electron chi connectivity index (χ2n) is 5.96. The van der Waals surface area contributed by atoms with Crippen LogP contribution in [0.4, 0.5) is 0 Å². The third-order valence-electron chi connectivity index (χ3n) is 3.88. The Bertz CT molecular complexity index is 226. The lowest BCUT2D eigenvalue weighted by Crippen LogP contribution is -2.15. The topological polar surface area (TPSA) is 27.7 Å². The Hall–Kier alpha value is 0.580. The zero-order valence-electron chi connectivity index (χ0n) is 14.9. The maximum absolute atomic E-state index is 5.89. The van der Waals surface area contributed by atoms with Crippen LogP contribution in [0.3, 0.4) is 0 Å². The minimum atomic E-state index is 0.635. The quantitative estimate of drug-likeness (QED) is 0.614. The first-order valence-corrected chi connectivity index (χ1v) is 11.6. The normalized spacial score (nSPS) is 23.1. The minimum Gasteiger partial charge on any atom is -0.379 e. The molecule has 0 aromatic rings. The van der Waals surface area contributed by atoms with Gasteiger partial charge in [-0.1, -0.05) is 45.4 Å². The van der Waals surface area contributed by atoms with Gasteiger partial charge in [0, 0.05) is 22.5 Å². The van der Waals surface area contributed by atoms with E-state index in [0.29, 0.717) is 5.25 Å². The lowest BCUT2D eigenvalue weighted by Gasteiger charge is -2.17. The Morgan fingerprint density at radius 1 is 0.739 bits per heavy atom. The fourth-order valence-corrected chi connectivity index (χ4v) is 4.26. The highest BCUT2D eigenvalue weighted by atomic mass is 32.2. The highest BCUT2D eigenvalue weighted by molar-refractivity contribution is 8.00. The Kier molecular flexibility index (Phi) is 16.4. The van der Waals surface area contributed by atoms with Crippen molar-refractivity contribution in [3.63, 3.8) is 0 Å². The zero-order valence-corrected chi connectivity index (χ0v) is 16.6. The molecule has 138 valence electrons. The first-order chi connectivity index (χ1) is 11.4. The van der Waals surface area contributed by atoms with Crippen LogP contribution >= 0.6 is 23.5 Å². The van der Waals surface area contributed by atoms with Crippen LogP contribution in [0.1, 0.15) is 51.9 Å². The molecule has 1 unspecified atom stereocenters. The van der Waals surface area contributed by atoms with Gasteiger partial charge in [0.25, 0.3) is 0 Å². The first-order valence-electron chi connectivity index (χ1n) is 9.36. The third kappa shape index (κ3) is 14.6. The van der Waals surface area contributed by atoms with E-state index in [9.17, 15) is 0 Å². The summed E-state index contributed by atoms with van der Waals surface area (Å²) in [4.78, 5) is 0. The lowest BCUT2D eigenvalue weighted by atomic mass is 10.1. The molecule has 1 aliphatic heterocycles. The van der Waals surface area contributed by atoms with Crippen LogP contribution in [0.2, 0.25) is 0 Å². The van der Waals surface area contributed by atoms with E-state index < -0.39 is 0 Å². The fraction of sp³-hybridized carbons (Fsp3) is 1.00. The summed E-state index contributed by atoms with van der Waals surface area (Å²) in [5.41, 5.74) is 0. The molecule has 0 amide bonds. The molecular weight excluding hydrogens is 328 g/mol. The van der Waals surface area contributed by atoms with Gasteiger partial charge >= 0.3 is 0 Å². The van der Waals surface area contributed by atoms with Gasteiger partial charge < -0.3 is 14.2 Å². The van der Waals surface area contributed by atoms with Crippen molar-refractivity contribution in [3.8, 4) is 0 Å². The summed E-state index contributed by atoms with van der Waals surface area (Å²) in [7, 11) is 0. The van der Waals surface area contributed by atoms with Gasteiger partial charge in [0.05, 0.1) is 39.6 Å². The van der Waals surface area contributed by atoms with Gasteiger partial charge in [0.1, 0.15) is 0 Å². The molecule has 0 radical (unpaired) electrons. The molecule has 0 saturated carbocycles. The average Bonchev–Trinajstić information content (AvgIpc) is 2.57. The number of ether oxygens (including phenoxy) is 3. The Labute approximate surface area is 152 Å². The molecule has 0 N–H and O–H groups in total. The van der Waals surface area contributed by atoms with Gasteiger partial charge in [-0.3, -0.25) is 0 Å². The molecule has 1 atom stereocenters. The largest absolute Gasteiger partial charge is 0.379 e. The van der Waals surface area contributed by atoms with E-state index >= 15 is 0 Å². The van der Waals surface area contributed by atoms with Crippen molar-refractivity contribution in [2.75, 3.05) is 56.9 Å². The van der Waals surface area contributed by atoms with E-state index in [1.54, 1.807) is 0 Å². The molecule has 1 heterocycles. The molecule has 0 aliphatic carbocycles. The maximum Gasteiger partial charge on any atom is 0.0700 e. The standard InChI is InChI=1S/C18H36O3S2/c1-2-3-4-5-6-7-8-18-17-21-12-15-22-14-11-19-9-10-20-13-16-23-18/h18H,2-17H2,1H3. The van der Waals surface area contributed by atoms with Gasteiger partial charge in [-0.05, 0) is 6.42 Å². The van der Waals surface area contributed by atoms with E-state index in [1.807, 2.05) is 23.5 Å². The summed E-state index contributed by atoms with van der Waals surface area (Å²) in [5, 5.41) is 0.635. The number of thioether (sulfide) groups is 2. The molecule has 5 heteroatoms. The van der Waals surface area contributed by atoms with Crippen molar-refractivity contribution in [2.45, 2.75) is 57.1 Å². The third-order valence-corrected chi connectivity index (χ3v) is 6.04. The predicted octanol–water partition coefficient (Wildman–Crippen LogP) is 4.64. The molecular formula is C18H36O3S2. The van der Waals surface area contributed by atoms with Crippen molar-refractivity contribution in [1.82, 2.24) is 0 Å². The highest BCUT2D eigenvalue weighted by Gasteiger charge is 2.10. The van der Waals surface area contributed by atoms with Gasteiger partial charge in [-0.2, -0.15) is 23.5 Å². The minimum absolute atomic E-state index is 0.635. The van der Waals surface area contributed by atoms with E-state index in [0.717, 1.165) is 56.9 Å². The van der Waals surface area contributed by atoms with E-state index in [1.165, 1.54) is 44.9 Å². The summed E-state index contributed by atoms with van der Waals surface area (Å²) in [6.07, 6.45) is 9.52. The van der Waals surface area contributed by atoms with E-state index in [2.05, 4.69) is 6.92 Å². The number of rotatable bonds is 7. The number of unbranched alkanes of at least 4 members (excludes halogenated alkanes) is 5. The maximum atomic E-state index is 5.89. The van der Waals surface area contributed by atoms with Crippen LogP contribution in [0.25, 0.3) is 0 Å². The molecule has 23 heavy (non-hydrogen) atoms.